The van der Waals surface area contributed by atoms with E-state index in [0.717, 1.165) is 0 Å². The molecule has 2 aromatic rings. The molecule has 20 heavy (non-hydrogen) atoms. The van der Waals surface area contributed by atoms with Crippen LogP contribution in [0.4, 0.5) is 5.69 Å². The van der Waals surface area contributed by atoms with Crippen LogP contribution in [0.3, 0.4) is 0 Å². The SMILES string of the molecule is O=C(Nc1ccc(Cl)cc1C#CCO)c1cccnc1. The van der Waals surface area contributed by atoms with Gasteiger partial charge in [0.1, 0.15) is 6.61 Å². The summed E-state index contributed by atoms with van der Waals surface area (Å²) in [5.41, 5.74) is 1.52. The van der Waals surface area contributed by atoms with E-state index in [1.165, 1.54) is 6.20 Å². The van der Waals surface area contributed by atoms with E-state index < -0.39 is 0 Å². The lowest BCUT2D eigenvalue weighted by molar-refractivity contribution is 0.102. The highest BCUT2D eigenvalue weighted by atomic mass is 35.5. The molecular formula is C15H11ClN2O2. The highest BCUT2D eigenvalue weighted by Crippen LogP contribution is 2.20. The molecule has 2 N–H and O–H groups in total. The molecule has 0 spiro atoms. The van der Waals surface area contributed by atoms with Gasteiger partial charge < -0.3 is 10.4 Å². The molecular weight excluding hydrogens is 276 g/mol. The van der Waals surface area contributed by atoms with Gasteiger partial charge in [-0.3, -0.25) is 9.78 Å². The third kappa shape index (κ3) is 3.58. The van der Waals surface area contributed by atoms with Gasteiger partial charge in [-0.15, -0.1) is 0 Å². The summed E-state index contributed by atoms with van der Waals surface area (Å²) < 4.78 is 0. The number of hydrogen-bond donors (Lipinski definition) is 2. The van der Waals surface area contributed by atoms with Gasteiger partial charge in [0, 0.05) is 23.0 Å². The second-order valence-electron chi connectivity index (χ2n) is 3.85. The quantitative estimate of drug-likeness (QED) is 0.833. The summed E-state index contributed by atoms with van der Waals surface area (Å²) in [6, 6.07) is 8.30. The molecule has 5 heteroatoms. The number of nitrogens with one attached hydrogen (secondary N) is 1. The Kier molecular flexibility index (Phi) is 4.72. The molecule has 2 rings (SSSR count). The lowest BCUT2D eigenvalue weighted by Gasteiger charge is -2.07. The smallest absolute Gasteiger partial charge is 0.257 e. The Morgan fingerprint density at radius 3 is 2.95 bits per heavy atom. The first-order valence-corrected chi connectivity index (χ1v) is 6.19. The standard InChI is InChI=1S/C15H11ClN2O2/c16-13-5-6-14(11(9-13)4-2-8-19)18-15(20)12-3-1-7-17-10-12/h1,3,5-7,9-10,19H,8H2,(H,18,20). The van der Waals surface area contributed by atoms with Gasteiger partial charge in [-0.25, -0.2) is 0 Å². The zero-order valence-corrected chi connectivity index (χ0v) is 11.2. The molecule has 0 fully saturated rings. The number of rotatable bonds is 2. The van der Waals surface area contributed by atoms with Gasteiger partial charge in [0.15, 0.2) is 0 Å². The van der Waals surface area contributed by atoms with E-state index in [1.54, 1.807) is 36.5 Å². The molecule has 0 aliphatic heterocycles. The number of amides is 1. The van der Waals surface area contributed by atoms with Gasteiger partial charge in [0.2, 0.25) is 0 Å². The Morgan fingerprint density at radius 2 is 2.25 bits per heavy atom. The van der Waals surface area contributed by atoms with Crippen molar-refractivity contribution in [2.45, 2.75) is 0 Å². The number of benzene rings is 1. The minimum atomic E-state index is -0.285. The van der Waals surface area contributed by atoms with Crippen molar-refractivity contribution in [3.8, 4) is 11.8 Å². The zero-order chi connectivity index (χ0) is 14.4. The maximum absolute atomic E-state index is 12.0. The van der Waals surface area contributed by atoms with Crippen LogP contribution < -0.4 is 5.32 Å². The molecule has 0 saturated heterocycles. The summed E-state index contributed by atoms with van der Waals surface area (Å²) >= 11 is 5.90. The maximum Gasteiger partial charge on any atom is 0.257 e. The van der Waals surface area contributed by atoms with E-state index in [-0.39, 0.29) is 12.5 Å². The summed E-state index contributed by atoms with van der Waals surface area (Å²) in [6.07, 6.45) is 3.07. The summed E-state index contributed by atoms with van der Waals surface area (Å²) in [6.45, 7) is -0.261. The van der Waals surface area contributed by atoms with E-state index >= 15 is 0 Å². The number of carbonyl (C=O) groups excluding carboxylic acids is 1. The predicted molar refractivity (Wildman–Crippen MR) is 77.6 cm³/mol. The number of aliphatic hydroxyl groups is 1. The fourth-order valence-corrected chi connectivity index (χ4v) is 1.73. The van der Waals surface area contributed by atoms with Crippen LogP contribution in [0.5, 0.6) is 0 Å². The van der Waals surface area contributed by atoms with Gasteiger partial charge in [-0.2, -0.15) is 0 Å². The van der Waals surface area contributed by atoms with Crippen LogP contribution in [0.1, 0.15) is 15.9 Å². The van der Waals surface area contributed by atoms with Crippen molar-refractivity contribution in [1.82, 2.24) is 4.98 Å². The second kappa shape index (κ2) is 6.71. The first kappa shape index (κ1) is 14.1. The molecule has 1 heterocycles. The summed E-state index contributed by atoms with van der Waals surface area (Å²) in [4.78, 5) is 15.9. The molecule has 1 aromatic heterocycles. The molecule has 0 radical (unpaired) electrons. The van der Waals surface area contributed by atoms with Gasteiger partial charge >= 0.3 is 0 Å². The molecule has 100 valence electrons. The monoisotopic (exact) mass is 286 g/mol. The average Bonchev–Trinajstić information content (AvgIpc) is 2.48. The Balaban J connectivity index is 2.27. The number of aliphatic hydroxyl groups excluding tert-OH is 1. The fraction of sp³-hybridized carbons (Fsp3) is 0.0667. The Bertz CT molecular complexity index is 675. The lowest BCUT2D eigenvalue weighted by Crippen LogP contribution is -2.13. The first-order valence-electron chi connectivity index (χ1n) is 5.81. The highest BCUT2D eigenvalue weighted by molar-refractivity contribution is 6.30. The first-order chi connectivity index (χ1) is 9.70. The van der Waals surface area contributed by atoms with Crippen LogP contribution >= 0.6 is 11.6 Å². The van der Waals surface area contributed by atoms with Crippen LogP contribution in [0.2, 0.25) is 5.02 Å². The molecule has 0 saturated carbocycles. The summed E-state index contributed by atoms with van der Waals surface area (Å²) in [5, 5.41) is 12.0. The Labute approximate surface area is 121 Å². The molecule has 0 unspecified atom stereocenters. The van der Waals surface area contributed by atoms with Crippen LogP contribution in [-0.2, 0) is 0 Å². The van der Waals surface area contributed by atoms with Gasteiger partial charge in [-0.05, 0) is 30.3 Å². The van der Waals surface area contributed by atoms with Crippen molar-refractivity contribution in [2.75, 3.05) is 11.9 Å². The van der Waals surface area contributed by atoms with E-state index in [9.17, 15) is 4.79 Å². The molecule has 0 aliphatic carbocycles. The molecule has 0 aliphatic rings. The van der Waals surface area contributed by atoms with Crippen molar-refractivity contribution >= 4 is 23.2 Å². The molecule has 4 nitrogen and oxygen atoms in total. The van der Waals surface area contributed by atoms with Crippen molar-refractivity contribution in [3.05, 3.63) is 58.9 Å². The topological polar surface area (TPSA) is 62.2 Å². The van der Waals surface area contributed by atoms with E-state index in [4.69, 9.17) is 16.7 Å². The molecule has 0 atom stereocenters. The lowest BCUT2D eigenvalue weighted by atomic mass is 10.1. The number of halogens is 1. The van der Waals surface area contributed by atoms with Crippen LogP contribution in [0, 0.1) is 11.8 Å². The molecule has 1 amide bonds. The minimum Gasteiger partial charge on any atom is -0.384 e. The van der Waals surface area contributed by atoms with Crippen LogP contribution in [-0.4, -0.2) is 22.6 Å². The number of anilines is 1. The van der Waals surface area contributed by atoms with Crippen molar-refractivity contribution in [3.63, 3.8) is 0 Å². The summed E-state index contributed by atoms with van der Waals surface area (Å²) in [7, 11) is 0. The van der Waals surface area contributed by atoms with E-state index in [2.05, 4.69) is 22.1 Å². The average molecular weight is 287 g/mol. The summed E-state index contributed by atoms with van der Waals surface area (Å²) in [5.74, 6) is 4.99. The van der Waals surface area contributed by atoms with Crippen molar-refractivity contribution < 1.29 is 9.90 Å². The van der Waals surface area contributed by atoms with Crippen molar-refractivity contribution in [1.29, 1.82) is 0 Å². The van der Waals surface area contributed by atoms with Crippen LogP contribution in [0.25, 0.3) is 0 Å². The van der Waals surface area contributed by atoms with E-state index in [1.807, 2.05) is 0 Å². The van der Waals surface area contributed by atoms with Crippen molar-refractivity contribution in [2.24, 2.45) is 0 Å². The molecule has 1 aromatic carbocycles. The third-order valence-corrected chi connectivity index (χ3v) is 2.69. The van der Waals surface area contributed by atoms with Gasteiger partial charge in [0.05, 0.1) is 11.3 Å². The number of carbonyl (C=O) groups is 1. The zero-order valence-electron chi connectivity index (χ0n) is 10.4. The predicted octanol–water partition coefficient (Wildman–Crippen LogP) is 2.33. The normalized spacial score (nSPS) is 9.50. The number of nitrogens with zero attached hydrogens (tertiary/aromatic N) is 1. The van der Waals surface area contributed by atoms with Gasteiger partial charge in [0.25, 0.3) is 5.91 Å². The Morgan fingerprint density at radius 1 is 1.40 bits per heavy atom. The fourth-order valence-electron chi connectivity index (χ4n) is 1.56. The largest absolute Gasteiger partial charge is 0.384 e. The third-order valence-electron chi connectivity index (χ3n) is 2.46. The molecule has 0 bridgehead atoms. The second-order valence-corrected chi connectivity index (χ2v) is 4.28. The van der Waals surface area contributed by atoms with Crippen LogP contribution in [0.15, 0.2) is 42.7 Å². The van der Waals surface area contributed by atoms with E-state index in [0.29, 0.717) is 21.8 Å². The minimum absolute atomic E-state index is 0.261. The number of pyridine rings is 1. The van der Waals surface area contributed by atoms with Gasteiger partial charge in [-0.1, -0.05) is 23.4 Å². The highest BCUT2D eigenvalue weighted by Gasteiger charge is 2.08. The Hall–Kier alpha value is -2.35. The number of hydrogen-bond acceptors (Lipinski definition) is 3. The maximum atomic E-state index is 12.0. The number of aromatic nitrogens is 1.